The molecule has 0 aliphatic carbocycles. The fraction of sp³-hybridized carbons (Fsp3) is 0.115. The van der Waals surface area contributed by atoms with Crippen LogP contribution in [0.5, 0.6) is 0 Å². The number of benzene rings is 3. The van der Waals surface area contributed by atoms with Crippen LogP contribution in [0.4, 0.5) is 0 Å². The fourth-order valence-electron chi connectivity index (χ4n) is 3.40. The van der Waals surface area contributed by atoms with Crippen LogP contribution in [0.15, 0.2) is 95.8 Å². The van der Waals surface area contributed by atoms with E-state index in [1.54, 1.807) is 29.2 Å². The van der Waals surface area contributed by atoms with Gasteiger partial charge in [0.15, 0.2) is 0 Å². The Bertz CT molecular complexity index is 1250. The minimum atomic E-state index is -0.198. The lowest BCUT2D eigenvalue weighted by molar-refractivity contribution is -0.126. The lowest BCUT2D eigenvalue weighted by atomic mass is 10.1. The van der Waals surface area contributed by atoms with Crippen molar-refractivity contribution >= 4 is 22.9 Å². The summed E-state index contributed by atoms with van der Waals surface area (Å²) >= 11 is 0. The molecule has 1 heterocycles. The van der Waals surface area contributed by atoms with Crippen LogP contribution in [0.2, 0.25) is 0 Å². The summed E-state index contributed by atoms with van der Waals surface area (Å²) in [5.41, 5.74) is 2.52. The van der Waals surface area contributed by atoms with Crippen molar-refractivity contribution in [2.24, 2.45) is 0 Å². The van der Waals surface area contributed by atoms with E-state index in [1.165, 1.54) is 0 Å². The lowest BCUT2D eigenvalue weighted by Gasteiger charge is -2.21. The molecular weight excluding hydrogens is 386 g/mol. The van der Waals surface area contributed by atoms with E-state index < -0.39 is 0 Å². The second kappa shape index (κ2) is 9.67. The molecule has 4 rings (SSSR count). The normalized spacial score (nSPS) is 11.1. The maximum absolute atomic E-state index is 13.0. The predicted octanol–water partition coefficient (Wildman–Crippen LogP) is 4.21. The zero-order valence-corrected chi connectivity index (χ0v) is 17.1. The monoisotopic (exact) mass is 409 g/mol. The third-order valence-corrected chi connectivity index (χ3v) is 5.05. The lowest BCUT2D eigenvalue weighted by Crippen LogP contribution is -2.32. The highest BCUT2D eigenvalue weighted by atomic mass is 16.2. The molecule has 0 fully saturated rings. The van der Waals surface area contributed by atoms with Crippen molar-refractivity contribution in [3.63, 3.8) is 0 Å². The van der Waals surface area contributed by atoms with Gasteiger partial charge in [-0.15, -0.1) is 0 Å². The molecular formula is C26H23N3O2. The molecule has 1 aromatic heterocycles. The molecule has 0 saturated heterocycles. The van der Waals surface area contributed by atoms with Crippen LogP contribution in [-0.2, 0) is 17.8 Å². The first kappa shape index (κ1) is 20.3. The molecule has 3 aromatic carbocycles. The Balaban J connectivity index is 1.57. The molecule has 4 aromatic rings. The van der Waals surface area contributed by atoms with E-state index in [2.05, 4.69) is 9.97 Å². The molecule has 5 heteroatoms. The Morgan fingerprint density at radius 1 is 0.903 bits per heavy atom. The Morgan fingerprint density at radius 2 is 1.58 bits per heavy atom. The summed E-state index contributed by atoms with van der Waals surface area (Å²) in [5.74, 6) is 0.341. The molecule has 1 amide bonds. The number of hydrogen-bond acceptors (Lipinski definition) is 3. The van der Waals surface area contributed by atoms with Crippen molar-refractivity contribution in [1.82, 2.24) is 14.9 Å². The van der Waals surface area contributed by atoms with Crippen LogP contribution in [0.3, 0.4) is 0 Å². The van der Waals surface area contributed by atoms with Gasteiger partial charge in [-0.05, 0) is 35.8 Å². The fourth-order valence-corrected chi connectivity index (χ4v) is 3.40. The number of para-hydroxylation sites is 1. The largest absolute Gasteiger partial charge is 0.331 e. The number of aromatic nitrogens is 2. The molecule has 5 nitrogen and oxygen atoms in total. The molecule has 154 valence electrons. The topological polar surface area (TPSA) is 66.1 Å². The van der Waals surface area contributed by atoms with Crippen LogP contribution in [0, 0.1) is 0 Å². The van der Waals surface area contributed by atoms with Gasteiger partial charge in [-0.2, -0.15) is 0 Å². The number of fused-ring (bicyclic) bond motifs is 1. The minimum absolute atomic E-state index is 0.129. The van der Waals surface area contributed by atoms with Crippen molar-refractivity contribution in [2.45, 2.75) is 13.0 Å². The zero-order valence-electron chi connectivity index (χ0n) is 17.1. The molecule has 0 spiro atoms. The van der Waals surface area contributed by atoms with Crippen LogP contribution in [-0.4, -0.2) is 27.3 Å². The number of carbonyl (C=O) groups excluding carboxylic acids is 1. The highest BCUT2D eigenvalue weighted by molar-refractivity contribution is 5.91. The Labute approximate surface area is 180 Å². The van der Waals surface area contributed by atoms with Gasteiger partial charge in [0.05, 0.1) is 17.4 Å². The van der Waals surface area contributed by atoms with Crippen LogP contribution in [0.25, 0.3) is 17.0 Å². The quantitative estimate of drug-likeness (QED) is 0.465. The van der Waals surface area contributed by atoms with Gasteiger partial charge < -0.3 is 9.88 Å². The zero-order chi connectivity index (χ0) is 21.5. The van der Waals surface area contributed by atoms with E-state index in [0.717, 1.165) is 11.1 Å². The molecule has 0 aliphatic heterocycles. The number of hydrogen-bond donors (Lipinski definition) is 1. The van der Waals surface area contributed by atoms with Gasteiger partial charge in [0.25, 0.3) is 5.56 Å². The van der Waals surface area contributed by atoms with Gasteiger partial charge >= 0.3 is 0 Å². The maximum Gasteiger partial charge on any atom is 0.258 e. The van der Waals surface area contributed by atoms with Crippen LogP contribution in [0.1, 0.15) is 17.0 Å². The van der Waals surface area contributed by atoms with E-state index in [-0.39, 0.29) is 18.0 Å². The van der Waals surface area contributed by atoms with E-state index >= 15 is 0 Å². The van der Waals surface area contributed by atoms with Gasteiger partial charge in [0, 0.05) is 12.6 Å². The van der Waals surface area contributed by atoms with Gasteiger partial charge in [-0.1, -0.05) is 72.8 Å². The van der Waals surface area contributed by atoms with E-state index in [0.29, 0.717) is 29.7 Å². The summed E-state index contributed by atoms with van der Waals surface area (Å²) in [6.07, 6.45) is 4.08. The molecule has 0 bridgehead atoms. The standard InChI is InChI=1S/C26H23N3O2/c30-25(16-15-20-9-3-1-4-10-20)29(18-17-21-11-5-2-6-12-21)19-24-27-23-14-8-7-13-22(23)26(31)28-24/h1-16H,17-19H2,(H,27,28,31)/b16-15+. The van der Waals surface area contributed by atoms with Crippen molar-refractivity contribution in [3.05, 3.63) is 118 Å². The van der Waals surface area contributed by atoms with Crippen molar-refractivity contribution in [2.75, 3.05) is 6.54 Å². The average molecular weight is 409 g/mol. The molecule has 0 unspecified atom stereocenters. The Kier molecular flexibility index (Phi) is 6.33. The molecule has 0 saturated carbocycles. The smallest absolute Gasteiger partial charge is 0.258 e. The van der Waals surface area contributed by atoms with E-state index in [9.17, 15) is 9.59 Å². The second-order valence-corrected chi connectivity index (χ2v) is 7.27. The van der Waals surface area contributed by atoms with Crippen LogP contribution < -0.4 is 5.56 Å². The highest BCUT2D eigenvalue weighted by Crippen LogP contribution is 2.10. The van der Waals surface area contributed by atoms with Crippen LogP contribution >= 0.6 is 0 Å². The van der Waals surface area contributed by atoms with Gasteiger partial charge in [0.1, 0.15) is 5.82 Å². The van der Waals surface area contributed by atoms with Crippen molar-refractivity contribution in [1.29, 1.82) is 0 Å². The molecule has 0 radical (unpaired) electrons. The van der Waals surface area contributed by atoms with Gasteiger partial charge in [-0.3, -0.25) is 9.59 Å². The molecule has 31 heavy (non-hydrogen) atoms. The molecule has 0 atom stereocenters. The summed E-state index contributed by atoms with van der Waals surface area (Å²) < 4.78 is 0. The summed E-state index contributed by atoms with van der Waals surface area (Å²) in [5, 5.41) is 0.539. The summed E-state index contributed by atoms with van der Waals surface area (Å²) in [7, 11) is 0. The Morgan fingerprint density at radius 3 is 2.35 bits per heavy atom. The number of H-pyrrole nitrogens is 1. The third-order valence-electron chi connectivity index (χ3n) is 5.05. The van der Waals surface area contributed by atoms with E-state index in [1.807, 2.05) is 72.8 Å². The first-order valence-corrected chi connectivity index (χ1v) is 10.2. The number of nitrogens with zero attached hydrogens (tertiary/aromatic N) is 2. The number of carbonyl (C=O) groups is 1. The second-order valence-electron chi connectivity index (χ2n) is 7.27. The van der Waals surface area contributed by atoms with Gasteiger partial charge in [-0.25, -0.2) is 4.98 Å². The minimum Gasteiger partial charge on any atom is -0.331 e. The molecule has 0 aliphatic rings. The van der Waals surface area contributed by atoms with Crippen molar-refractivity contribution in [3.8, 4) is 0 Å². The number of rotatable bonds is 7. The first-order chi connectivity index (χ1) is 15.2. The number of amides is 1. The number of aromatic amines is 1. The maximum atomic E-state index is 13.0. The SMILES string of the molecule is O=C(/C=C/c1ccccc1)N(CCc1ccccc1)Cc1nc2ccccc2c(=O)[nH]1. The van der Waals surface area contributed by atoms with Crippen molar-refractivity contribution < 1.29 is 4.79 Å². The molecule has 1 N–H and O–H groups in total. The Hall–Kier alpha value is -3.99. The summed E-state index contributed by atoms with van der Waals surface area (Å²) in [4.78, 5) is 34.5. The third kappa shape index (κ3) is 5.34. The summed E-state index contributed by atoms with van der Waals surface area (Å²) in [6.45, 7) is 0.739. The summed E-state index contributed by atoms with van der Waals surface area (Å²) in [6, 6.07) is 26.9. The number of nitrogens with one attached hydrogen (secondary N) is 1. The first-order valence-electron chi connectivity index (χ1n) is 10.2. The van der Waals surface area contributed by atoms with Gasteiger partial charge in [0.2, 0.25) is 5.91 Å². The predicted molar refractivity (Wildman–Crippen MR) is 123 cm³/mol. The highest BCUT2D eigenvalue weighted by Gasteiger charge is 2.14. The average Bonchev–Trinajstić information content (AvgIpc) is 2.81. The van der Waals surface area contributed by atoms with E-state index in [4.69, 9.17) is 0 Å².